The average Bonchev–Trinajstić information content (AvgIpc) is 3.33. The molecule has 0 spiro atoms. The molecule has 1 unspecified atom stereocenters. The molecular formula is C34H31N3O6S. The highest BCUT2D eigenvalue weighted by atomic mass is 32.1. The molecule has 5 rings (SSSR count). The third-order valence-electron chi connectivity index (χ3n) is 7.04. The molecule has 0 amide bonds. The number of hydrogen-bond acceptors (Lipinski definition) is 9. The highest BCUT2D eigenvalue weighted by Gasteiger charge is 2.35. The number of thiazole rings is 1. The van der Waals surface area contributed by atoms with Crippen LogP contribution in [0.15, 0.2) is 87.8 Å². The summed E-state index contributed by atoms with van der Waals surface area (Å²) >= 11 is 1.23. The van der Waals surface area contributed by atoms with Crippen LogP contribution in [0.4, 0.5) is 0 Å². The summed E-state index contributed by atoms with van der Waals surface area (Å²) in [6, 6.07) is 21.4. The summed E-state index contributed by atoms with van der Waals surface area (Å²) in [5.74, 6) is 1.03. The number of benzene rings is 3. The van der Waals surface area contributed by atoms with Gasteiger partial charge in [0.15, 0.2) is 16.3 Å². The van der Waals surface area contributed by atoms with E-state index < -0.39 is 12.0 Å². The van der Waals surface area contributed by atoms with E-state index in [1.54, 1.807) is 51.3 Å². The van der Waals surface area contributed by atoms with Crippen LogP contribution in [0.3, 0.4) is 0 Å². The van der Waals surface area contributed by atoms with Crippen molar-refractivity contribution in [2.75, 3.05) is 20.3 Å². The zero-order valence-electron chi connectivity index (χ0n) is 24.8. The molecule has 3 aromatic carbocycles. The first-order valence-electron chi connectivity index (χ1n) is 14.1. The number of aromatic nitrogens is 1. The minimum atomic E-state index is -0.783. The number of fused-ring (bicyclic) bond motifs is 1. The first-order valence-corrected chi connectivity index (χ1v) is 14.9. The molecule has 0 aliphatic carbocycles. The molecule has 9 nitrogen and oxygen atoms in total. The third-order valence-corrected chi connectivity index (χ3v) is 8.02. The molecule has 0 fully saturated rings. The zero-order chi connectivity index (χ0) is 31.2. The number of nitrogens with zero attached hydrogens (tertiary/aromatic N) is 3. The normalized spacial score (nSPS) is 14.3. The van der Waals surface area contributed by atoms with Gasteiger partial charge in [0.2, 0.25) is 0 Å². The molecule has 4 aromatic rings. The van der Waals surface area contributed by atoms with Crippen LogP contribution in [0, 0.1) is 11.3 Å². The fourth-order valence-electron chi connectivity index (χ4n) is 5.04. The number of rotatable bonds is 10. The number of allylic oxidation sites excluding steroid dienone is 1. The van der Waals surface area contributed by atoms with E-state index >= 15 is 0 Å². The Hall–Kier alpha value is -5.14. The van der Waals surface area contributed by atoms with Crippen molar-refractivity contribution in [3.63, 3.8) is 0 Å². The lowest BCUT2D eigenvalue weighted by atomic mass is 9.95. The van der Waals surface area contributed by atoms with Crippen molar-refractivity contribution in [1.29, 1.82) is 5.26 Å². The monoisotopic (exact) mass is 609 g/mol. The van der Waals surface area contributed by atoms with E-state index in [0.717, 1.165) is 11.1 Å². The second kappa shape index (κ2) is 13.4. The van der Waals surface area contributed by atoms with Crippen LogP contribution in [0.25, 0.3) is 6.08 Å². The van der Waals surface area contributed by atoms with Crippen LogP contribution in [0.2, 0.25) is 0 Å². The summed E-state index contributed by atoms with van der Waals surface area (Å²) in [6.07, 6.45) is 1.77. The Morgan fingerprint density at radius 3 is 2.55 bits per heavy atom. The Bertz CT molecular complexity index is 1970. The molecule has 2 heterocycles. The average molecular weight is 610 g/mol. The molecule has 224 valence electrons. The highest BCUT2D eigenvalue weighted by molar-refractivity contribution is 7.07. The Kier molecular flexibility index (Phi) is 9.26. The number of para-hydroxylation sites is 1. The molecule has 1 aromatic heterocycles. The van der Waals surface area contributed by atoms with Crippen molar-refractivity contribution in [1.82, 2.24) is 4.57 Å². The first kappa shape index (κ1) is 30.3. The maximum absolute atomic E-state index is 14.0. The predicted octanol–water partition coefficient (Wildman–Crippen LogP) is 4.66. The molecule has 0 N–H and O–H groups in total. The van der Waals surface area contributed by atoms with Gasteiger partial charge in [-0.25, -0.2) is 9.79 Å². The molecule has 1 atom stereocenters. The van der Waals surface area contributed by atoms with Gasteiger partial charge in [0, 0.05) is 11.1 Å². The van der Waals surface area contributed by atoms with Crippen molar-refractivity contribution >= 4 is 23.4 Å². The van der Waals surface area contributed by atoms with Gasteiger partial charge in [-0.15, -0.1) is 0 Å². The maximum atomic E-state index is 14.0. The van der Waals surface area contributed by atoms with Crippen molar-refractivity contribution < 1.29 is 23.7 Å². The number of methoxy groups -OCH3 is 1. The van der Waals surface area contributed by atoms with Gasteiger partial charge in [0.25, 0.3) is 5.56 Å². The Labute approximate surface area is 258 Å². The summed E-state index contributed by atoms with van der Waals surface area (Å²) in [4.78, 5) is 32.3. The van der Waals surface area contributed by atoms with E-state index in [1.807, 2.05) is 49.4 Å². The second-order valence-corrected chi connectivity index (χ2v) is 10.8. The van der Waals surface area contributed by atoms with Gasteiger partial charge in [-0.05, 0) is 56.7 Å². The van der Waals surface area contributed by atoms with Crippen LogP contribution in [0.1, 0.15) is 49.1 Å². The smallest absolute Gasteiger partial charge is 0.338 e. The van der Waals surface area contributed by atoms with Crippen molar-refractivity contribution in [2.45, 2.75) is 33.4 Å². The quantitative estimate of drug-likeness (QED) is 0.241. The zero-order valence-corrected chi connectivity index (χ0v) is 25.6. The molecule has 44 heavy (non-hydrogen) atoms. The summed E-state index contributed by atoms with van der Waals surface area (Å²) < 4.78 is 24.9. The Morgan fingerprint density at radius 1 is 1.02 bits per heavy atom. The SMILES string of the molecule is CCOC(=O)C1=C(C)N=c2sc(=Cc3ccc(OCc4ccccc4C#N)c(OCC)c3)c(=O)n2C1c1ccccc1OC. The first-order chi connectivity index (χ1) is 21.4. The van der Waals surface area contributed by atoms with E-state index in [-0.39, 0.29) is 24.3 Å². The van der Waals surface area contributed by atoms with Gasteiger partial charge in [-0.3, -0.25) is 9.36 Å². The third kappa shape index (κ3) is 6.00. The molecule has 1 aliphatic rings. The molecule has 10 heteroatoms. The molecule has 0 bridgehead atoms. The van der Waals surface area contributed by atoms with Crippen LogP contribution >= 0.6 is 11.3 Å². The number of carbonyl (C=O) groups is 1. The standard InChI is InChI=1S/C34H31N3O6S/c1-5-41-28-17-22(15-16-27(28)43-20-24-12-8-7-11-23(24)19-35)18-29-32(38)37-31(25-13-9-10-14-26(25)40-4)30(33(39)42-6-2)21(3)36-34(37)44-29/h7-18,31H,5-6,20H2,1-4H3. The minimum absolute atomic E-state index is 0.186. The maximum Gasteiger partial charge on any atom is 0.338 e. The van der Waals surface area contributed by atoms with Gasteiger partial charge in [0.05, 0.1) is 47.8 Å². The number of nitriles is 1. The highest BCUT2D eigenvalue weighted by Crippen LogP contribution is 2.36. The summed E-state index contributed by atoms with van der Waals surface area (Å²) in [7, 11) is 1.55. The van der Waals surface area contributed by atoms with Gasteiger partial charge >= 0.3 is 5.97 Å². The largest absolute Gasteiger partial charge is 0.496 e. The second-order valence-electron chi connectivity index (χ2n) is 9.74. The van der Waals surface area contributed by atoms with E-state index in [0.29, 0.717) is 50.0 Å². The van der Waals surface area contributed by atoms with Crippen molar-refractivity contribution in [3.05, 3.63) is 120 Å². The van der Waals surface area contributed by atoms with Gasteiger partial charge in [0.1, 0.15) is 18.4 Å². The molecule has 0 radical (unpaired) electrons. The fraction of sp³-hybridized carbons (Fsp3) is 0.235. The molecule has 0 saturated heterocycles. The predicted molar refractivity (Wildman–Crippen MR) is 166 cm³/mol. The van der Waals surface area contributed by atoms with E-state index in [9.17, 15) is 14.9 Å². The Morgan fingerprint density at radius 2 is 1.80 bits per heavy atom. The van der Waals surface area contributed by atoms with Gasteiger partial charge in [-0.1, -0.05) is 53.8 Å². The van der Waals surface area contributed by atoms with E-state index in [4.69, 9.17) is 18.9 Å². The summed E-state index contributed by atoms with van der Waals surface area (Å²) in [6.45, 7) is 6.15. The lowest BCUT2D eigenvalue weighted by Gasteiger charge is -2.25. The van der Waals surface area contributed by atoms with Crippen molar-refractivity contribution in [3.8, 4) is 23.3 Å². The van der Waals surface area contributed by atoms with Crippen molar-refractivity contribution in [2.24, 2.45) is 4.99 Å². The van der Waals surface area contributed by atoms with Crippen LogP contribution in [-0.4, -0.2) is 30.9 Å². The number of ether oxygens (including phenoxy) is 4. The van der Waals surface area contributed by atoms with Crippen LogP contribution in [0.5, 0.6) is 17.2 Å². The number of carbonyl (C=O) groups excluding carboxylic acids is 1. The Balaban J connectivity index is 1.57. The number of hydrogen-bond donors (Lipinski definition) is 0. The lowest BCUT2D eigenvalue weighted by Crippen LogP contribution is -2.40. The van der Waals surface area contributed by atoms with Gasteiger partial charge in [-0.2, -0.15) is 5.26 Å². The van der Waals surface area contributed by atoms with Gasteiger partial charge < -0.3 is 18.9 Å². The molecule has 1 aliphatic heterocycles. The summed E-state index contributed by atoms with van der Waals surface area (Å²) in [5.41, 5.74) is 3.15. The molecular weight excluding hydrogens is 578 g/mol. The van der Waals surface area contributed by atoms with Crippen LogP contribution in [-0.2, 0) is 16.1 Å². The summed E-state index contributed by atoms with van der Waals surface area (Å²) in [5, 5.41) is 9.40. The van der Waals surface area contributed by atoms with Crippen LogP contribution < -0.4 is 29.1 Å². The topological polar surface area (TPSA) is 112 Å². The number of esters is 1. The fourth-order valence-corrected chi connectivity index (χ4v) is 6.09. The lowest BCUT2D eigenvalue weighted by molar-refractivity contribution is -0.139. The van der Waals surface area contributed by atoms with E-state index in [2.05, 4.69) is 11.1 Å². The molecule has 0 saturated carbocycles. The van der Waals surface area contributed by atoms with E-state index in [1.165, 1.54) is 15.9 Å². The minimum Gasteiger partial charge on any atom is -0.496 e.